The number of nitrogens with one attached hydrogen (secondary N) is 2. The molecule has 2 heterocycles. The van der Waals surface area contributed by atoms with Gasteiger partial charge in [-0.2, -0.15) is 0 Å². The van der Waals surface area contributed by atoms with Crippen LogP contribution < -0.4 is 10.6 Å². The molecular formula is C19H17ClN2O7. The topological polar surface area (TPSA) is 127 Å². The first-order valence-electron chi connectivity index (χ1n) is 8.57. The van der Waals surface area contributed by atoms with E-state index >= 15 is 0 Å². The van der Waals surface area contributed by atoms with Crippen LogP contribution >= 0.6 is 11.6 Å². The van der Waals surface area contributed by atoms with Crippen molar-refractivity contribution in [1.82, 2.24) is 10.6 Å². The summed E-state index contributed by atoms with van der Waals surface area (Å²) in [5.74, 6) is -1.61. The first-order chi connectivity index (χ1) is 13.9. The van der Waals surface area contributed by atoms with Crippen molar-refractivity contribution in [1.29, 1.82) is 0 Å². The van der Waals surface area contributed by atoms with Gasteiger partial charge in [0.1, 0.15) is 29.7 Å². The van der Waals surface area contributed by atoms with Crippen molar-refractivity contribution in [3.8, 4) is 5.75 Å². The van der Waals surface area contributed by atoms with Crippen LogP contribution in [0.4, 0.5) is 4.79 Å². The van der Waals surface area contributed by atoms with Crippen molar-refractivity contribution in [3.05, 3.63) is 64.2 Å². The van der Waals surface area contributed by atoms with Crippen molar-refractivity contribution >= 4 is 29.6 Å². The van der Waals surface area contributed by atoms with Gasteiger partial charge in [-0.1, -0.05) is 11.6 Å². The van der Waals surface area contributed by atoms with E-state index in [1.165, 1.54) is 24.5 Å². The molecular weight excluding hydrogens is 404 g/mol. The monoisotopic (exact) mass is 420 g/mol. The lowest BCUT2D eigenvalue weighted by atomic mass is 10.0. The second-order valence-electron chi connectivity index (χ2n) is 5.90. The van der Waals surface area contributed by atoms with E-state index in [1.54, 1.807) is 19.1 Å². The highest BCUT2D eigenvalue weighted by Crippen LogP contribution is 2.29. The van der Waals surface area contributed by atoms with Gasteiger partial charge in [-0.25, -0.2) is 14.4 Å². The lowest BCUT2D eigenvalue weighted by molar-refractivity contribution is -0.139. The minimum absolute atomic E-state index is 0.0310. The van der Waals surface area contributed by atoms with E-state index in [1.807, 2.05) is 0 Å². The number of carbonyl (C=O) groups is 3. The smallest absolute Gasteiger partial charge is 0.342 e. The van der Waals surface area contributed by atoms with Gasteiger partial charge in [0.05, 0.1) is 24.1 Å². The van der Waals surface area contributed by atoms with Gasteiger partial charge in [0, 0.05) is 5.02 Å². The number of esters is 2. The van der Waals surface area contributed by atoms with E-state index in [0.29, 0.717) is 5.76 Å². The van der Waals surface area contributed by atoms with Crippen LogP contribution in [0.3, 0.4) is 0 Å². The lowest BCUT2D eigenvalue weighted by Crippen LogP contribution is -2.47. The molecule has 1 aliphatic rings. The molecule has 1 aliphatic heterocycles. The van der Waals surface area contributed by atoms with Gasteiger partial charge >= 0.3 is 18.0 Å². The normalized spacial score (nSPS) is 16.1. The van der Waals surface area contributed by atoms with E-state index in [4.69, 9.17) is 25.5 Å². The Morgan fingerprint density at radius 2 is 2.03 bits per heavy atom. The number of rotatable bonds is 6. The molecule has 1 aromatic carbocycles. The number of hydrogen-bond donors (Lipinski definition) is 3. The van der Waals surface area contributed by atoms with Gasteiger partial charge in [0.25, 0.3) is 0 Å². The number of phenolic OH excluding ortho intramolecular Hbond substituents is 1. The molecule has 1 atom stereocenters. The van der Waals surface area contributed by atoms with E-state index < -0.39 is 30.6 Å². The molecule has 152 valence electrons. The number of carbonyl (C=O) groups excluding carboxylic acids is 3. The van der Waals surface area contributed by atoms with Crippen LogP contribution in [0.2, 0.25) is 5.02 Å². The number of ether oxygens (including phenoxy) is 2. The quantitative estimate of drug-likeness (QED) is 0.613. The Bertz CT molecular complexity index is 969. The number of benzene rings is 1. The average molecular weight is 421 g/mol. The van der Waals surface area contributed by atoms with Crippen molar-refractivity contribution < 1.29 is 33.4 Å². The standard InChI is InChI=1S/C19H17ClN2O7/c1-2-27-18(25)15-12(21-19(26)22-16(15)14-4-3-7-28-14)9-29-17(24)11-8-10(20)5-6-13(11)23/h3-8,16,23H,2,9H2,1H3,(H2,21,22,26). The molecule has 0 saturated heterocycles. The Hall–Kier alpha value is -3.46. The molecule has 0 bridgehead atoms. The summed E-state index contributed by atoms with van der Waals surface area (Å²) >= 11 is 5.84. The molecule has 10 heteroatoms. The van der Waals surface area contributed by atoms with Crippen LogP contribution in [0.5, 0.6) is 5.75 Å². The Kier molecular flexibility index (Phi) is 6.08. The fourth-order valence-corrected chi connectivity index (χ4v) is 2.91. The van der Waals surface area contributed by atoms with Crippen LogP contribution in [0.1, 0.15) is 29.1 Å². The fourth-order valence-electron chi connectivity index (χ4n) is 2.74. The molecule has 0 radical (unpaired) electrons. The molecule has 1 unspecified atom stereocenters. The SMILES string of the molecule is CCOC(=O)C1=C(COC(=O)c2cc(Cl)ccc2O)NC(=O)NC1c1ccco1. The highest BCUT2D eigenvalue weighted by Gasteiger charge is 2.35. The molecule has 29 heavy (non-hydrogen) atoms. The Balaban J connectivity index is 1.90. The summed E-state index contributed by atoms with van der Waals surface area (Å²) in [7, 11) is 0. The van der Waals surface area contributed by atoms with E-state index in [9.17, 15) is 19.5 Å². The molecule has 0 aliphatic carbocycles. The molecule has 9 nitrogen and oxygen atoms in total. The van der Waals surface area contributed by atoms with Crippen LogP contribution in [0.15, 0.2) is 52.3 Å². The van der Waals surface area contributed by atoms with Gasteiger partial charge in [-0.3, -0.25) is 0 Å². The summed E-state index contributed by atoms with van der Waals surface area (Å²) in [6, 6.07) is 5.56. The third-order valence-electron chi connectivity index (χ3n) is 4.00. The van der Waals surface area contributed by atoms with Crippen LogP contribution in [-0.4, -0.2) is 36.3 Å². The molecule has 0 fully saturated rings. The van der Waals surface area contributed by atoms with Crippen molar-refractivity contribution in [2.75, 3.05) is 13.2 Å². The van der Waals surface area contributed by atoms with E-state index in [2.05, 4.69) is 10.6 Å². The number of urea groups is 1. The number of furan rings is 1. The number of aromatic hydroxyl groups is 1. The first-order valence-corrected chi connectivity index (χ1v) is 8.95. The van der Waals surface area contributed by atoms with E-state index in [0.717, 1.165) is 0 Å². The molecule has 3 rings (SSSR count). The minimum Gasteiger partial charge on any atom is -0.507 e. The van der Waals surface area contributed by atoms with Gasteiger partial charge in [-0.15, -0.1) is 0 Å². The highest BCUT2D eigenvalue weighted by atomic mass is 35.5. The maximum Gasteiger partial charge on any atom is 0.342 e. The second kappa shape index (κ2) is 8.70. The molecule has 0 saturated carbocycles. The summed E-state index contributed by atoms with van der Waals surface area (Å²) in [5, 5.41) is 15.1. The summed E-state index contributed by atoms with van der Waals surface area (Å²) in [6.45, 7) is 1.28. The third kappa shape index (κ3) is 4.52. The summed E-state index contributed by atoms with van der Waals surface area (Å²) in [6.07, 6.45) is 1.40. The fraction of sp³-hybridized carbons (Fsp3) is 0.211. The average Bonchev–Trinajstić information content (AvgIpc) is 3.22. The number of amides is 2. The molecule has 3 N–H and O–H groups in total. The van der Waals surface area contributed by atoms with E-state index in [-0.39, 0.29) is 34.2 Å². The highest BCUT2D eigenvalue weighted by molar-refractivity contribution is 6.31. The van der Waals surface area contributed by atoms with Crippen LogP contribution in [0.25, 0.3) is 0 Å². The zero-order valence-electron chi connectivity index (χ0n) is 15.2. The van der Waals surface area contributed by atoms with Gasteiger partial charge in [0.2, 0.25) is 0 Å². The lowest BCUT2D eigenvalue weighted by Gasteiger charge is -2.27. The second-order valence-corrected chi connectivity index (χ2v) is 6.33. The largest absolute Gasteiger partial charge is 0.507 e. The summed E-state index contributed by atoms with van der Waals surface area (Å²) < 4.78 is 15.6. The van der Waals surface area contributed by atoms with Gasteiger partial charge < -0.3 is 29.6 Å². The zero-order chi connectivity index (χ0) is 21.0. The molecule has 2 aromatic rings. The predicted octanol–water partition coefficient (Wildman–Crippen LogP) is 2.67. The summed E-state index contributed by atoms with van der Waals surface area (Å²) in [5.41, 5.74) is -0.0911. The summed E-state index contributed by atoms with van der Waals surface area (Å²) in [4.78, 5) is 36.9. The van der Waals surface area contributed by atoms with Gasteiger partial charge in [0.15, 0.2) is 0 Å². The molecule has 2 amide bonds. The Morgan fingerprint density at radius 1 is 1.24 bits per heavy atom. The molecule has 0 spiro atoms. The Labute approximate surface area is 170 Å². The Morgan fingerprint density at radius 3 is 2.72 bits per heavy atom. The zero-order valence-corrected chi connectivity index (χ0v) is 16.0. The minimum atomic E-state index is -0.925. The van der Waals surface area contributed by atoms with Crippen molar-refractivity contribution in [3.63, 3.8) is 0 Å². The number of phenols is 1. The van der Waals surface area contributed by atoms with Gasteiger partial charge in [-0.05, 0) is 37.3 Å². The number of hydrogen-bond acceptors (Lipinski definition) is 7. The van der Waals surface area contributed by atoms with Crippen LogP contribution in [0, 0.1) is 0 Å². The van der Waals surface area contributed by atoms with Crippen molar-refractivity contribution in [2.24, 2.45) is 0 Å². The van der Waals surface area contributed by atoms with Crippen molar-refractivity contribution in [2.45, 2.75) is 13.0 Å². The maximum absolute atomic E-state index is 12.5. The number of halogens is 1. The maximum atomic E-state index is 12.5. The first kappa shape index (κ1) is 20.3. The van der Waals surface area contributed by atoms with Crippen LogP contribution in [-0.2, 0) is 14.3 Å². The molecule has 1 aromatic heterocycles. The predicted molar refractivity (Wildman–Crippen MR) is 100 cm³/mol. The third-order valence-corrected chi connectivity index (χ3v) is 4.24.